The quantitative estimate of drug-likeness (QED) is 0.829. The van der Waals surface area contributed by atoms with Gasteiger partial charge in [-0.15, -0.1) is 0 Å². The molecule has 2 aromatic rings. The monoisotopic (exact) mass is 285 g/mol. The average molecular weight is 285 g/mol. The highest BCUT2D eigenvalue weighted by Gasteiger charge is 2.10. The zero-order chi connectivity index (χ0) is 15.2. The molecule has 0 aliphatic heterocycles. The lowest BCUT2D eigenvalue weighted by Crippen LogP contribution is -2.27. The van der Waals surface area contributed by atoms with Gasteiger partial charge in [-0.2, -0.15) is 5.26 Å². The van der Waals surface area contributed by atoms with Gasteiger partial charge >= 0.3 is 0 Å². The first kappa shape index (κ1) is 14.9. The number of rotatable bonds is 6. The van der Waals surface area contributed by atoms with Crippen LogP contribution in [0, 0.1) is 11.3 Å². The highest BCUT2D eigenvalue weighted by molar-refractivity contribution is 5.88. The summed E-state index contributed by atoms with van der Waals surface area (Å²) in [7, 11) is 0. The molecule has 21 heavy (non-hydrogen) atoms. The number of hydrogen-bond acceptors (Lipinski definition) is 3. The van der Waals surface area contributed by atoms with E-state index in [2.05, 4.69) is 5.32 Å². The predicted octanol–water partition coefficient (Wildman–Crippen LogP) is 2.46. The molecule has 1 heterocycles. The number of carbonyl (C=O) groups is 1. The van der Waals surface area contributed by atoms with Crippen LogP contribution in [0.2, 0.25) is 0 Å². The largest absolute Gasteiger partial charge is 0.490 e. The third-order valence-electron chi connectivity index (χ3n) is 3.01. The molecule has 0 fully saturated rings. The van der Waals surface area contributed by atoms with Crippen molar-refractivity contribution >= 4 is 16.8 Å². The van der Waals surface area contributed by atoms with Gasteiger partial charge in [-0.25, -0.2) is 0 Å². The number of fused-ring (bicyclic) bond motifs is 1. The molecule has 1 amide bonds. The molecule has 0 bridgehead atoms. The lowest BCUT2D eigenvalue weighted by atomic mass is 10.2. The molecule has 110 valence electrons. The lowest BCUT2D eigenvalue weighted by molar-refractivity contribution is -0.121. The van der Waals surface area contributed by atoms with Crippen molar-refractivity contribution < 1.29 is 9.53 Å². The van der Waals surface area contributed by atoms with E-state index in [0.29, 0.717) is 13.0 Å². The second kappa shape index (κ2) is 6.80. The van der Waals surface area contributed by atoms with Crippen molar-refractivity contribution in [3.8, 4) is 11.8 Å². The minimum absolute atomic E-state index is 0.0991. The molecule has 1 aromatic carbocycles. The molecule has 2 rings (SSSR count). The molecular formula is C16H19N3O2. The van der Waals surface area contributed by atoms with Gasteiger partial charge in [-0.05, 0) is 32.0 Å². The molecule has 0 unspecified atom stereocenters. The number of hydrogen-bond donors (Lipinski definition) is 1. The van der Waals surface area contributed by atoms with Crippen molar-refractivity contribution in [2.75, 3.05) is 6.54 Å². The van der Waals surface area contributed by atoms with Crippen LogP contribution in [-0.4, -0.2) is 23.1 Å². The highest BCUT2D eigenvalue weighted by atomic mass is 16.5. The fourth-order valence-corrected chi connectivity index (χ4v) is 2.16. The predicted molar refractivity (Wildman–Crippen MR) is 80.9 cm³/mol. The maximum Gasteiger partial charge on any atom is 0.239 e. The van der Waals surface area contributed by atoms with E-state index in [1.165, 1.54) is 0 Å². The summed E-state index contributed by atoms with van der Waals surface area (Å²) < 4.78 is 7.65. The van der Waals surface area contributed by atoms with Gasteiger partial charge in [-0.1, -0.05) is 6.07 Å². The summed E-state index contributed by atoms with van der Waals surface area (Å²) >= 11 is 0. The van der Waals surface area contributed by atoms with E-state index in [1.807, 2.05) is 54.9 Å². The third-order valence-corrected chi connectivity index (χ3v) is 3.01. The number of amides is 1. The van der Waals surface area contributed by atoms with E-state index < -0.39 is 0 Å². The number of nitriles is 1. The third kappa shape index (κ3) is 3.76. The summed E-state index contributed by atoms with van der Waals surface area (Å²) in [5.74, 6) is 0.726. The molecule has 1 N–H and O–H groups in total. The molecule has 1 aromatic heterocycles. The number of ether oxygens (including phenoxy) is 1. The van der Waals surface area contributed by atoms with Crippen molar-refractivity contribution in [2.24, 2.45) is 0 Å². The first-order valence-electron chi connectivity index (χ1n) is 7.00. The number of carbonyl (C=O) groups excluding carboxylic acids is 1. The van der Waals surface area contributed by atoms with Crippen LogP contribution in [0.25, 0.3) is 10.9 Å². The molecule has 0 aliphatic rings. The van der Waals surface area contributed by atoms with Crippen molar-refractivity contribution in [3.63, 3.8) is 0 Å². The molecule has 0 aliphatic carbocycles. The Bertz CT molecular complexity index is 668. The normalized spacial score (nSPS) is 10.6. The van der Waals surface area contributed by atoms with Crippen molar-refractivity contribution in [1.29, 1.82) is 5.26 Å². The topological polar surface area (TPSA) is 67.0 Å². The van der Waals surface area contributed by atoms with Gasteiger partial charge in [0.15, 0.2) is 0 Å². The van der Waals surface area contributed by atoms with Crippen molar-refractivity contribution in [1.82, 2.24) is 9.88 Å². The second-order valence-electron chi connectivity index (χ2n) is 5.06. The minimum Gasteiger partial charge on any atom is -0.490 e. The van der Waals surface area contributed by atoms with Crippen LogP contribution >= 0.6 is 0 Å². The minimum atomic E-state index is -0.0991. The van der Waals surface area contributed by atoms with E-state index >= 15 is 0 Å². The molecule has 5 nitrogen and oxygen atoms in total. The van der Waals surface area contributed by atoms with Crippen LogP contribution in [0.1, 0.15) is 20.3 Å². The van der Waals surface area contributed by atoms with Gasteiger partial charge in [0.25, 0.3) is 0 Å². The number of nitrogens with one attached hydrogen (secondary N) is 1. The van der Waals surface area contributed by atoms with E-state index in [0.717, 1.165) is 16.7 Å². The van der Waals surface area contributed by atoms with Crippen molar-refractivity contribution in [3.05, 3.63) is 30.5 Å². The Hall–Kier alpha value is -2.48. The van der Waals surface area contributed by atoms with Crippen LogP contribution in [0.5, 0.6) is 5.75 Å². The summed E-state index contributed by atoms with van der Waals surface area (Å²) in [6, 6.07) is 9.77. The van der Waals surface area contributed by atoms with Crippen LogP contribution in [0.3, 0.4) is 0 Å². The first-order valence-corrected chi connectivity index (χ1v) is 7.00. The Kier molecular flexibility index (Phi) is 4.83. The number of aromatic nitrogens is 1. The van der Waals surface area contributed by atoms with Gasteiger partial charge < -0.3 is 14.6 Å². The summed E-state index contributed by atoms with van der Waals surface area (Å²) in [5, 5.41) is 12.2. The van der Waals surface area contributed by atoms with Gasteiger partial charge in [0.2, 0.25) is 5.91 Å². The fourth-order valence-electron chi connectivity index (χ4n) is 2.16. The van der Waals surface area contributed by atoms with E-state index in [4.69, 9.17) is 10.00 Å². The summed E-state index contributed by atoms with van der Waals surface area (Å²) in [6.45, 7) is 4.59. The second-order valence-corrected chi connectivity index (χ2v) is 5.06. The van der Waals surface area contributed by atoms with Gasteiger partial charge in [0.05, 0.1) is 24.1 Å². The Labute approximate surface area is 124 Å². The average Bonchev–Trinajstić information content (AvgIpc) is 2.83. The van der Waals surface area contributed by atoms with Crippen LogP contribution < -0.4 is 10.1 Å². The SMILES string of the molecule is CC(C)Oc1cccc2c1ccn2CC(=O)NCCC#N. The molecule has 5 heteroatoms. The Morgan fingerprint density at radius 2 is 2.24 bits per heavy atom. The van der Waals surface area contributed by atoms with E-state index in [1.54, 1.807) is 0 Å². The molecule has 0 atom stereocenters. The standard InChI is InChI=1S/C16H19N3O2/c1-12(2)21-15-6-3-5-14-13(15)7-10-19(14)11-16(20)18-9-4-8-17/h3,5-7,10,12H,4,9,11H2,1-2H3,(H,18,20). The van der Waals surface area contributed by atoms with E-state index in [-0.39, 0.29) is 18.6 Å². The Balaban J connectivity index is 2.15. The van der Waals surface area contributed by atoms with Crippen LogP contribution in [-0.2, 0) is 11.3 Å². The summed E-state index contributed by atoms with van der Waals surface area (Å²) in [5.41, 5.74) is 0.962. The Morgan fingerprint density at radius 3 is 2.95 bits per heavy atom. The lowest BCUT2D eigenvalue weighted by Gasteiger charge is -2.11. The summed E-state index contributed by atoms with van der Waals surface area (Å²) in [6.07, 6.45) is 2.31. The van der Waals surface area contributed by atoms with Gasteiger partial charge in [0.1, 0.15) is 12.3 Å². The Morgan fingerprint density at radius 1 is 1.43 bits per heavy atom. The van der Waals surface area contributed by atoms with E-state index in [9.17, 15) is 4.79 Å². The zero-order valence-corrected chi connectivity index (χ0v) is 12.3. The molecule has 0 saturated carbocycles. The molecule has 0 radical (unpaired) electrons. The summed E-state index contributed by atoms with van der Waals surface area (Å²) in [4.78, 5) is 11.8. The number of benzene rings is 1. The van der Waals surface area contributed by atoms with Gasteiger partial charge in [0, 0.05) is 18.1 Å². The van der Waals surface area contributed by atoms with Crippen LogP contribution in [0.4, 0.5) is 0 Å². The fraction of sp³-hybridized carbons (Fsp3) is 0.375. The van der Waals surface area contributed by atoms with Crippen molar-refractivity contribution in [2.45, 2.75) is 32.9 Å². The molecule has 0 spiro atoms. The maximum atomic E-state index is 11.8. The van der Waals surface area contributed by atoms with Crippen LogP contribution in [0.15, 0.2) is 30.5 Å². The molecular weight excluding hydrogens is 266 g/mol. The number of nitrogens with zero attached hydrogens (tertiary/aromatic N) is 2. The highest BCUT2D eigenvalue weighted by Crippen LogP contribution is 2.27. The van der Waals surface area contributed by atoms with Gasteiger partial charge in [-0.3, -0.25) is 4.79 Å². The smallest absolute Gasteiger partial charge is 0.239 e. The zero-order valence-electron chi connectivity index (χ0n) is 12.3. The molecule has 0 saturated heterocycles. The maximum absolute atomic E-state index is 11.8. The first-order chi connectivity index (χ1) is 10.1.